The number of halogens is 1. The number of hydrogen-bond donors (Lipinski definition) is 2. The summed E-state index contributed by atoms with van der Waals surface area (Å²) < 4.78 is 0. The Balaban J connectivity index is 3.24. The predicted octanol–water partition coefficient (Wildman–Crippen LogP) is 1.60. The second-order valence-corrected chi connectivity index (χ2v) is 3.86. The normalized spacial score (nSPS) is 11.9. The van der Waals surface area contributed by atoms with Crippen molar-refractivity contribution in [1.29, 1.82) is 0 Å². The molecule has 0 aliphatic rings. The lowest BCUT2D eigenvalue weighted by atomic mass is 10.1. The Labute approximate surface area is 97.9 Å². The van der Waals surface area contributed by atoms with Crippen LogP contribution in [0.1, 0.15) is 25.5 Å². The second kappa shape index (κ2) is 4.99. The van der Waals surface area contributed by atoms with Crippen LogP contribution < -0.4 is 10.7 Å². The van der Waals surface area contributed by atoms with Crippen molar-refractivity contribution in [3.05, 3.63) is 39.0 Å². The summed E-state index contributed by atoms with van der Waals surface area (Å²) in [5.74, 6) is -0.588. The average Bonchev–Trinajstić information content (AvgIpc) is 2.30. The molecule has 0 spiro atoms. The monoisotopic (exact) mass is 241 g/mol. The molecule has 2 N–H and O–H groups in total. The average molecular weight is 242 g/mol. The minimum atomic E-state index is -0.529. The van der Waals surface area contributed by atoms with Crippen molar-refractivity contribution in [2.75, 3.05) is 0 Å². The molecule has 86 valence electrons. The fourth-order valence-electron chi connectivity index (χ4n) is 1.33. The smallest absolute Gasteiger partial charge is 0.220 e. The lowest BCUT2D eigenvalue weighted by Gasteiger charge is -2.12. The highest BCUT2D eigenvalue weighted by Gasteiger charge is 2.11. The van der Waals surface area contributed by atoms with Crippen LogP contribution in [0.4, 0.5) is 0 Å². The number of hydrogen-bond acceptors (Lipinski definition) is 3. The van der Waals surface area contributed by atoms with Crippen LogP contribution in [-0.2, 0) is 4.79 Å². The molecule has 1 atom stereocenters. The SMILES string of the molecule is CC(=O)NC(C)c1cc(=O)c(O)ccc1Cl. The molecule has 5 heteroatoms. The zero-order valence-electron chi connectivity index (χ0n) is 8.95. The first-order valence-electron chi connectivity index (χ1n) is 4.71. The van der Waals surface area contributed by atoms with Gasteiger partial charge in [0.25, 0.3) is 0 Å². The Morgan fingerprint density at radius 2 is 2.12 bits per heavy atom. The Hall–Kier alpha value is -1.55. The predicted molar refractivity (Wildman–Crippen MR) is 61.6 cm³/mol. The van der Waals surface area contributed by atoms with Gasteiger partial charge in [0.2, 0.25) is 11.3 Å². The van der Waals surface area contributed by atoms with Crippen LogP contribution in [0.15, 0.2) is 23.0 Å². The molecule has 0 fully saturated rings. The van der Waals surface area contributed by atoms with E-state index in [9.17, 15) is 14.7 Å². The largest absolute Gasteiger partial charge is 0.504 e. The van der Waals surface area contributed by atoms with Gasteiger partial charge >= 0.3 is 0 Å². The van der Waals surface area contributed by atoms with E-state index in [1.807, 2.05) is 0 Å². The first kappa shape index (κ1) is 12.5. The molecule has 0 saturated carbocycles. The zero-order chi connectivity index (χ0) is 12.3. The number of rotatable bonds is 2. The lowest BCUT2D eigenvalue weighted by Crippen LogP contribution is -2.24. The number of aromatic hydroxyl groups is 1. The molecular weight excluding hydrogens is 230 g/mol. The molecule has 0 radical (unpaired) electrons. The van der Waals surface area contributed by atoms with E-state index < -0.39 is 5.43 Å². The summed E-state index contributed by atoms with van der Waals surface area (Å²) >= 11 is 5.93. The Morgan fingerprint density at radius 1 is 1.50 bits per heavy atom. The Kier molecular flexibility index (Phi) is 3.90. The van der Waals surface area contributed by atoms with Crippen LogP contribution in [0, 0.1) is 0 Å². The minimum absolute atomic E-state index is 0.216. The van der Waals surface area contributed by atoms with Crippen LogP contribution >= 0.6 is 11.6 Å². The summed E-state index contributed by atoms with van der Waals surface area (Å²) in [6.45, 7) is 3.09. The Morgan fingerprint density at radius 3 is 2.69 bits per heavy atom. The topological polar surface area (TPSA) is 66.4 Å². The summed E-state index contributed by atoms with van der Waals surface area (Å²) in [5, 5.41) is 12.2. The van der Waals surface area contributed by atoms with Crippen molar-refractivity contribution >= 4 is 17.5 Å². The first-order valence-corrected chi connectivity index (χ1v) is 5.09. The third-order valence-corrected chi connectivity index (χ3v) is 2.43. The van der Waals surface area contributed by atoms with E-state index in [-0.39, 0.29) is 17.7 Å². The van der Waals surface area contributed by atoms with Crippen molar-refractivity contribution in [1.82, 2.24) is 5.32 Å². The molecule has 16 heavy (non-hydrogen) atoms. The van der Waals surface area contributed by atoms with E-state index >= 15 is 0 Å². The molecule has 1 aromatic carbocycles. The zero-order valence-corrected chi connectivity index (χ0v) is 9.71. The van der Waals surface area contributed by atoms with Gasteiger partial charge in [-0.25, -0.2) is 0 Å². The molecule has 1 amide bonds. The molecule has 0 saturated heterocycles. The number of amides is 1. The van der Waals surface area contributed by atoms with E-state index in [0.717, 1.165) is 0 Å². The molecule has 1 rings (SSSR count). The molecule has 0 aliphatic carbocycles. The van der Waals surface area contributed by atoms with Crippen LogP contribution in [0.25, 0.3) is 0 Å². The van der Waals surface area contributed by atoms with Crippen molar-refractivity contribution < 1.29 is 9.90 Å². The lowest BCUT2D eigenvalue weighted by molar-refractivity contribution is -0.119. The van der Waals surface area contributed by atoms with Crippen molar-refractivity contribution in [2.24, 2.45) is 0 Å². The highest BCUT2D eigenvalue weighted by molar-refractivity contribution is 6.31. The molecule has 0 aliphatic heterocycles. The van der Waals surface area contributed by atoms with Crippen molar-refractivity contribution in [2.45, 2.75) is 19.9 Å². The second-order valence-electron chi connectivity index (χ2n) is 3.45. The van der Waals surface area contributed by atoms with Crippen LogP contribution in [0.5, 0.6) is 5.75 Å². The maximum atomic E-state index is 11.4. The van der Waals surface area contributed by atoms with Gasteiger partial charge in [0, 0.05) is 11.9 Å². The van der Waals surface area contributed by atoms with Gasteiger partial charge in [0.05, 0.1) is 6.04 Å². The third-order valence-electron chi connectivity index (χ3n) is 2.09. The van der Waals surface area contributed by atoms with E-state index in [1.165, 1.54) is 25.1 Å². The maximum Gasteiger partial charge on any atom is 0.220 e. The third kappa shape index (κ3) is 2.97. The molecule has 1 unspecified atom stereocenters. The number of carbonyl (C=O) groups excluding carboxylic acids is 1. The quantitative estimate of drug-likeness (QED) is 0.827. The van der Waals surface area contributed by atoms with Gasteiger partial charge in [-0.3, -0.25) is 9.59 Å². The van der Waals surface area contributed by atoms with Crippen LogP contribution in [0.3, 0.4) is 0 Å². The molecule has 0 aromatic heterocycles. The van der Waals surface area contributed by atoms with E-state index in [4.69, 9.17) is 11.6 Å². The highest BCUT2D eigenvalue weighted by atomic mass is 35.5. The standard InChI is InChI=1S/C11H12ClNO3/c1-6(13-7(2)14)8-5-11(16)10(15)4-3-9(8)12/h3-6H,1-2H3,(H,13,14)(H,15,16). The van der Waals surface area contributed by atoms with Gasteiger partial charge < -0.3 is 10.4 Å². The van der Waals surface area contributed by atoms with Gasteiger partial charge in [-0.1, -0.05) is 11.6 Å². The molecule has 4 nitrogen and oxygen atoms in total. The van der Waals surface area contributed by atoms with Crippen LogP contribution in [0.2, 0.25) is 5.02 Å². The fraction of sp³-hybridized carbons (Fsp3) is 0.273. The van der Waals surface area contributed by atoms with E-state index in [1.54, 1.807) is 6.92 Å². The first-order chi connectivity index (χ1) is 7.41. The molecular formula is C11H12ClNO3. The molecule has 0 heterocycles. The van der Waals surface area contributed by atoms with E-state index in [0.29, 0.717) is 10.6 Å². The summed E-state index contributed by atoms with van der Waals surface area (Å²) in [4.78, 5) is 22.2. The molecule has 1 aromatic rings. The fourth-order valence-corrected chi connectivity index (χ4v) is 1.61. The maximum absolute atomic E-state index is 11.4. The summed E-state index contributed by atoms with van der Waals surface area (Å²) in [6.07, 6.45) is 0. The number of carbonyl (C=O) groups is 1. The summed E-state index contributed by atoms with van der Waals surface area (Å²) in [7, 11) is 0. The van der Waals surface area contributed by atoms with Crippen molar-refractivity contribution in [3.8, 4) is 5.75 Å². The minimum Gasteiger partial charge on any atom is -0.504 e. The van der Waals surface area contributed by atoms with Crippen molar-refractivity contribution in [3.63, 3.8) is 0 Å². The van der Waals surface area contributed by atoms with Gasteiger partial charge in [-0.15, -0.1) is 0 Å². The highest BCUT2D eigenvalue weighted by Crippen LogP contribution is 2.21. The number of nitrogens with one attached hydrogen (secondary N) is 1. The van der Waals surface area contributed by atoms with Gasteiger partial charge in [0.1, 0.15) is 0 Å². The van der Waals surface area contributed by atoms with Crippen LogP contribution in [-0.4, -0.2) is 11.0 Å². The molecule has 0 bridgehead atoms. The Bertz CT molecular complexity index is 473. The van der Waals surface area contributed by atoms with Gasteiger partial charge in [-0.05, 0) is 30.7 Å². The summed E-state index contributed by atoms with van der Waals surface area (Å²) in [5.41, 5.74) is -0.0544. The summed E-state index contributed by atoms with van der Waals surface area (Å²) in [6, 6.07) is 3.49. The van der Waals surface area contributed by atoms with Gasteiger partial charge in [0.15, 0.2) is 5.75 Å². The van der Waals surface area contributed by atoms with Gasteiger partial charge in [-0.2, -0.15) is 0 Å². The van der Waals surface area contributed by atoms with E-state index in [2.05, 4.69) is 5.32 Å².